The van der Waals surface area contributed by atoms with E-state index in [-0.39, 0.29) is 0 Å². The molecule has 0 unspecified atom stereocenters. The molecule has 2 aromatic rings. The molecule has 14 heteroatoms. The summed E-state index contributed by atoms with van der Waals surface area (Å²) in [4.78, 5) is 26.0. The molecule has 4 rings (SSSR count). The van der Waals surface area contributed by atoms with E-state index in [2.05, 4.69) is 47.1 Å². The molecule has 0 aliphatic carbocycles. The Morgan fingerprint density at radius 1 is 0.854 bits per heavy atom. The molecule has 2 saturated heterocycles. The highest BCUT2D eigenvalue weighted by Gasteiger charge is 2.39. The van der Waals surface area contributed by atoms with E-state index in [1.807, 2.05) is 17.4 Å². The predicted octanol–water partition coefficient (Wildman–Crippen LogP) is 6.21. The number of carboxylic acid groups (broad SMARTS) is 2. The fourth-order valence-corrected chi connectivity index (χ4v) is 5.62. The lowest BCUT2D eigenvalue weighted by molar-refractivity contribution is -0.193. The van der Waals surface area contributed by atoms with Gasteiger partial charge in [0.25, 0.3) is 0 Å². The highest BCUT2D eigenvalue weighted by molar-refractivity contribution is 7.11. The van der Waals surface area contributed by atoms with Gasteiger partial charge in [-0.05, 0) is 94.0 Å². The van der Waals surface area contributed by atoms with Gasteiger partial charge in [-0.2, -0.15) is 26.3 Å². The summed E-state index contributed by atoms with van der Waals surface area (Å²) in [6.45, 7) is 9.43. The van der Waals surface area contributed by atoms with E-state index in [0.717, 1.165) is 18.8 Å². The Labute approximate surface area is 238 Å². The van der Waals surface area contributed by atoms with Gasteiger partial charge in [0.05, 0.1) is 7.11 Å². The number of aryl methyl sites for hydroxylation is 1. The lowest BCUT2D eigenvalue weighted by Crippen LogP contribution is -2.46. The van der Waals surface area contributed by atoms with Crippen molar-refractivity contribution in [1.29, 1.82) is 0 Å². The zero-order valence-corrected chi connectivity index (χ0v) is 23.5. The van der Waals surface area contributed by atoms with Crippen LogP contribution in [-0.4, -0.2) is 77.6 Å². The number of benzene rings is 1. The number of thiophene rings is 1. The number of rotatable bonds is 5. The van der Waals surface area contributed by atoms with Crippen LogP contribution in [0.4, 0.5) is 26.3 Å². The molecule has 2 aliphatic heterocycles. The quantitative estimate of drug-likeness (QED) is 0.388. The molecular weight excluding hydrogens is 578 g/mol. The van der Waals surface area contributed by atoms with Crippen molar-refractivity contribution in [3.05, 3.63) is 51.7 Å². The van der Waals surface area contributed by atoms with Gasteiger partial charge in [-0.3, -0.25) is 9.80 Å². The Kier molecular flexibility index (Phi) is 12.5. The van der Waals surface area contributed by atoms with Crippen LogP contribution in [0.5, 0.6) is 5.75 Å². The van der Waals surface area contributed by atoms with Gasteiger partial charge in [-0.15, -0.1) is 11.3 Å². The first-order chi connectivity index (χ1) is 19.0. The minimum absolute atomic E-state index is 0.604. The van der Waals surface area contributed by atoms with Gasteiger partial charge in [0.1, 0.15) is 5.75 Å². The summed E-state index contributed by atoms with van der Waals surface area (Å²) in [7, 11) is 1.75. The molecule has 41 heavy (non-hydrogen) atoms. The summed E-state index contributed by atoms with van der Waals surface area (Å²) in [5.41, 5.74) is 1.97. The SMILES string of the molecule is COc1cccc(CN2CCC3(CC2)CCN(Cc2ccc(C)s2)CC3)c1.O=C(O)C(F)(F)F.O=C(O)C(F)(F)F. The van der Waals surface area contributed by atoms with Crippen LogP contribution in [0.2, 0.25) is 0 Å². The van der Waals surface area contributed by atoms with Crippen LogP contribution in [0.3, 0.4) is 0 Å². The lowest BCUT2D eigenvalue weighted by Gasteiger charge is -2.47. The van der Waals surface area contributed by atoms with Crippen LogP contribution < -0.4 is 4.74 Å². The second-order valence-electron chi connectivity index (χ2n) is 10.0. The first kappa shape index (κ1) is 34.4. The summed E-state index contributed by atoms with van der Waals surface area (Å²) in [6, 6.07) is 13.1. The standard InChI is InChI=1S/C23H32N2OS.2C2HF3O2/c1-19-6-7-22(27-19)18-25-14-10-23(11-15-25)8-12-24(13-9-23)17-20-4-3-5-21(16-20)26-2;2*3-2(4,5)1(6)7/h3-7,16H,8-15,17-18H2,1-2H3;2*(H,6,7). The highest BCUT2D eigenvalue weighted by atomic mass is 32.1. The number of piperidine rings is 2. The molecule has 0 amide bonds. The highest BCUT2D eigenvalue weighted by Crippen LogP contribution is 2.42. The first-order valence-corrected chi connectivity index (χ1v) is 13.6. The second-order valence-corrected chi connectivity index (χ2v) is 11.4. The van der Waals surface area contributed by atoms with Crippen molar-refractivity contribution < 1.29 is 50.9 Å². The fraction of sp³-hybridized carbons (Fsp3) is 0.556. The molecule has 0 atom stereocenters. The first-order valence-electron chi connectivity index (χ1n) is 12.8. The number of hydrogen-bond donors (Lipinski definition) is 2. The van der Waals surface area contributed by atoms with Crippen molar-refractivity contribution in [2.75, 3.05) is 33.3 Å². The summed E-state index contributed by atoms with van der Waals surface area (Å²) in [5.74, 6) is -4.55. The Balaban J connectivity index is 0.000000349. The van der Waals surface area contributed by atoms with E-state index in [0.29, 0.717) is 5.41 Å². The smallest absolute Gasteiger partial charge is 0.490 e. The van der Waals surface area contributed by atoms with Gasteiger partial charge in [-0.1, -0.05) is 12.1 Å². The number of alkyl halides is 6. The molecule has 1 aromatic heterocycles. The fourth-order valence-electron chi connectivity index (χ4n) is 4.69. The van der Waals surface area contributed by atoms with E-state index in [9.17, 15) is 26.3 Å². The molecular formula is C27H34F6N2O5S. The number of aliphatic carboxylic acids is 2. The van der Waals surface area contributed by atoms with Gasteiger partial charge in [0.2, 0.25) is 0 Å². The van der Waals surface area contributed by atoms with E-state index in [1.54, 1.807) is 7.11 Å². The summed E-state index contributed by atoms with van der Waals surface area (Å²) in [5, 5.41) is 14.2. The number of nitrogens with zero attached hydrogens (tertiary/aromatic N) is 2. The van der Waals surface area contributed by atoms with Crippen LogP contribution >= 0.6 is 11.3 Å². The van der Waals surface area contributed by atoms with E-state index in [1.165, 1.54) is 67.2 Å². The largest absolute Gasteiger partial charge is 0.497 e. The molecule has 0 bridgehead atoms. The van der Waals surface area contributed by atoms with Crippen molar-refractivity contribution in [3.63, 3.8) is 0 Å². The van der Waals surface area contributed by atoms with Crippen molar-refractivity contribution in [1.82, 2.24) is 9.80 Å². The number of methoxy groups -OCH3 is 1. The number of carbonyl (C=O) groups is 2. The number of hydrogen-bond acceptors (Lipinski definition) is 6. The lowest BCUT2D eigenvalue weighted by atomic mass is 9.71. The average Bonchev–Trinajstić information content (AvgIpc) is 3.31. The Morgan fingerprint density at radius 2 is 1.32 bits per heavy atom. The molecule has 2 fully saturated rings. The molecule has 0 saturated carbocycles. The maximum absolute atomic E-state index is 10.6. The Morgan fingerprint density at radius 3 is 1.71 bits per heavy atom. The number of ether oxygens (including phenoxy) is 1. The topological polar surface area (TPSA) is 90.3 Å². The van der Waals surface area contributed by atoms with Crippen molar-refractivity contribution in [2.24, 2.45) is 5.41 Å². The van der Waals surface area contributed by atoms with Crippen molar-refractivity contribution >= 4 is 23.3 Å². The minimum Gasteiger partial charge on any atom is -0.497 e. The molecule has 7 nitrogen and oxygen atoms in total. The third-order valence-electron chi connectivity index (χ3n) is 7.03. The zero-order valence-electron chi connectivity index (χ0n) is 22.7. The normalized spacial score (nSPS) is 17.6. The molecule has 0 radical (unpaired) electrons. The number of halogens is 6. The van der Waals surface area contributed by atoms with Crippen LogP contribution in [0.25, 0.3) is 0 Å². The Hall–Kier alpha value is -2.84. The monoisotopic (exact) mass is 612 g/mol. The third-order valence-corrected chi connectivity index (χ3v) is 8.02. The van der Waals surface area contributed by atoms with Crippen molar-refractivity contribution in [3.8, 4) is 5.75 Å². The molecule has 230 valence electrons. The number of carboxylic acids is 2. The van der Waals surface area contributed by atoms with E-state index < -0.39 is 24.3 Å². The van der Waals surface area contributed by atoms with Crippen LogP contribution in [-0.2, 0) is 22.7 Å². The van der Waals surface area contributed by atoms with Crippen LogP contribution in [0.1, 0.15) is 41.0 Å². The van der Waals surface area contributed by atoms with Gasteiger partial charge in [0, 0.05) is 22.8 Å². The van der Waals surface area contributed by atoms with Crippen molar-refractivity contribution in [2.45, 2.75) is 58.0 Å². The zero-order chi connectivity index (χ0) is 30.8. The van der Waals surface area contributed by atoms with Crippen LogP contribution in [0.15, 0.2) is 36.4 Å². The molecule has 1 spiro atoms. The molecule has 2 N–H and O–H groups in total. The summed E-state index contributed by atoms with van der Waals surface area (Å²) >= 11 is 1.95. The van der Waals surface area contributed by atoms with Gasteiger partial charge in [0.15, 0.2) is 0 Å². The van der Waals surface area contributed by atoms with Gasteiger partial charge < -0.3 is 14.9 Å². The van der Waals surface area contributed by atoms with Gasteiger partial charge in [-0.25, -0.2) is 9.59 Å². The van der Waals surface area contributed by atoms with Crippen LogP contribution in [0, 0.1) is 12.3 Å². The number of likely N-dealkylation sites (tertiary alicyclic amines) is 2. The molecule has 1 aromatic carbocycles. The maximum atomic E-state index is 10.6. The summed E-state index contributed by atoms with van der Waals surface area (Å²) < 4.78 is 68.8. The Bertz CT molecular complexity index is 1100. The van der Waals surface area contributed by atoms with E-state index >= 15 is 0 Å². The molecule has 2 aliphatic rings. The van der Waals surface area contributed by atoms with Gasteiger partial charge >= 0.3 is 24.3 Å². The second kappa shape index (κ2) is 14.9. The third kappa shape index (κ3) is 11.9. The minimum atomic E-state index is -5.08. The van der Waals surface area contributed by atoms with E-state index in [4.69, 9.17) is 24.5 Å². The summed E-state index contributed by atoms with van der Waals surface area (Å²) in [6.07, 6.45) is -4.68. The maximum Gasteiger partial charge on any atom is 0.490 e. The molecule has 3 heterocycles. The predicted molar refractivity (Wildman–Crippen MR) is 141 cm³/mol. The average molecular weight is 613 g/mol.